The number of aryl methyl sites for hydroxylation is 1. The summed E-state index contributed by atoms with van der Waals surface area (Å²) in [7, 11) is 1.95. The van der Waals surface area contributed by atoms with Gasteiger partial charge in [0.05, 0.1) is 0 Å². The number of anilines is 1. The van der Waals surface area contributed by atoms with E-state index >= 15 is 0 Å². The molecule has 2 N–H and O–H groups in total. The molecule has 4 heteroatoms. The number of amides is 1. The highest BCUT2D eigenvalue weighted by molar-refractivity contribution is 5.89. The number of nitrogens with zero attached hydrogens (tertiary/aromatic N) is 1. The van der Waals surface area contributed by atoms with Gasteiger partial charge in [-0.05, 0) is 24.3 Å². The van der Waals surface area contributed by atoms with Gasteiger partial charge in [0, 0.05) is 29.8 Å². The van der Waals surface area contributed by atoms with Crippen molar-refractivity contribution in [2.45, 2.75) is 0 Å². The van der Waals surface area contributed by atoms with E-state index in [1.807, 2.05) is 36.0 Å². The molecule has 72 valence electrons. The van der Waals surface area contributed by atoms with E-state index in [0.29, 0.717) is 5.69 Å². The quantitative estimate of drug-likeness (QED) is 0.724. The molecule has 0 radical (unpaired) electrons. The Kier molecular flexibility index (Phi) is 1.89. The molecule has 0 aliphatic rings. The van der Waals surface area contributed by atoms with Gasteiger partial charge in [-0.15, -0.1) is 0 Å². The SMILES string of the molecule is Cn1ccc2cc(NC(=O)O)ccc21. The summed E-state index contributed by atoms with van der Waals surface area (Å²) in [6.07, 6.45) is 0.898. The Labute approximate surface area is 80.8 Å². The predicted molar refractivity (Wildman–Crippen MR) is 54.6 cm³/mol. The Balaban J connectivity index is 2.46. The second-order valence-electron chi connectivity index (χ2n) is 3.13. The summed E-state index contributed by atoms with van der Waals surface area (Å²) in [6.45, 7) is 0. The second kappa shape index (κ2) is 3.06. The molecule has 0 spiro atoms. The van der Waals surface area contributed by atoms with Gasteiger partial charge in [0.2, 0.25) is 0 Å². The van der Waals surface area contributed by atoms with E-state index in [1.165, 1.54) is 0 Å². The maximum Gasteiger partial charge on any atom is 0.409 e. The van der Waals surface area contributed by atoms with Crippen molar-refractivity contribution >= 4 is 22.7 Å². The Morgan fingerprint density at radius 1 is 1.43 bits per heavy atom. The molecular formula is C10H10N2O2. The minimum absolute atomic E-state index is 0.594. The van der Waals surface area contributed by atoms with Gasteiger partial charge in [-0.25, -0.2) is 4.79 Å². The van der Waals surface area contributed by atoms with Crippen LogP contribution in [0.15, 0.2) is 30.5 Å². The summed E-state index contributed by atoms with van der Waals surface area (Å²) < 4.78 is 1.99. The lowest BCUT2D eigenvalue weighted by atomic mass is 10.2. The number of hydrogen-bond donors (Lipinski definition) is 2. The standard InChI is InChI=1S/C10H10N2O2/c1-12-5-4-7-6-8(11-10(13)14)2-3-9(7)12/h2-6,11H,1H3,(H,13,14). The number of carboxylic acid groups (broad SMARTS) is 1. The van der Waals surface area contributed by atoms with Gasteiger partial charge in [0.1, 0.15) is 0 Å². The van der Waals surface area contributed by atoms with Crippen LogP contribution in [0.4, 0.5) is 10.5 Å². The van der Waals surface area contributed by atoms with Crippen LogP contribution < -0.4 is 5.32 Å². The van der Waals surface area contributed by atoms with Crippen LogP contribution in [0.3, 0.4) is 0 Å². The molecule has 14 heavy (non-hydrogen) atoms. The monoisotopic (exact) mass is 190 g/mol. The third-order valence-electron chi connectivity index (χ3n) is 2.14. The molecule has 0 saturated carbocycles. The normalized spacial score (nSPS) is 10.4. The predicted octanol–water partition coefficient (Wildman–Crippen LogP) is 2.27. The molecule has 2 rings (SSSR count). The highest BCUT2D eigenvalue weighted by Crippen LogP contribution is 2.19. The summed E-state index contributed by atoms with van der Waals surface area (Å²) in [5.41, 5.74) is 1.68. The lowest BCUT2D eigenvalue weighted by Crippen LogP contribution is -2.06. The van der Waals surface area contributed by atoms with Crippen LogP contribution in [0.25, 0.3) is 10.9 Å². The smallest absolute Gasteiger partial charge is 0.409 e. The average Bonchev–Trinajstić information content (AvgIpc) is 2.46. The molecular weight excluding hydrogens is 180 g/mol. The number of fused-ring (bicyclic) bond motifs is 1. The van der Waals surface area contributed by atoms with E-state index < -0.39 is 6.09 Å². The van der Waals surface area contributed by atoms with Gasteiger partial charge in [0.25, 0.3) is 0 Å². The molecule has 1 aromatic carbocycles. The summed E-state index contributed by atoms with van der Waals surface area (Å²) in [6, 6.07) is 7.39. The first-order valence-corrected chi connectivity index (χ1v) is 4.22. The number of carbonyl (C=O) groups is 1. The van der Waals surface area contributed by atoms with Gasteiger partial charge in [-0.3, -0.25) is 5.32 Å². The van der Waals surface area contributed by atoms with Crippen molar-refractivity contribution in [3.63, 3.8) is 0 Å². The highest BCUT2D eigenvalue weighted by Gasteiger charge is 2.01. The van der Waals surface area contributed by atoms with E-state index in [2.05, 4.69) is 5.32 Å². The molecule has 2 aromatic rings. The zero-order valence-corrected chi connectivity index (χ0v) is 7.69. The number of rotatable bonds is 1. The number of hydrogen-bond acceptors (Lipinski definition) is 1. The minimum Gasteiger partial charge on any atom is -0.465 e. The second-order valence-corrected chi connectivity index (χ2v) is 3.13. The first-order valence-electron chi connectivity index (χ1n) is 4.22. The maximum atomic E-state index is 10.4. The van der Waals surface area contributed by atoms with E-state index in [4.69, 9.17) is 5.11 Å². The van der Waals surface area contributed by atoms with Crippen LogP contribution in [0.2, 0.25) is 0 Å². The molecule has 0 aliphatic heterocycles. The van der Waals surface area contributed by atoms with Crippen LogP contribution >= 0.6 is 0 Å². The van der Waals surface area contributed by atoms with Crippen LogP contribution in [0.1, 0.15) is 0 Å². The zero-order valence-electron chi connectivity index (χ0n) is 7.69. The van der Waals surface area contributed by atoms with Gasteiger partial charge in [0.15, 0.2) is 0 Å². The third-order valence-corrected chi connectivity index (χ3v) is 2.14. The Morgan fingerprint density at radius 2 is 2.21 bits per heavy atom. The van der Waals surface area contributed by atoms with Gasteiger partial charge in [-0.1, -0.05) is 0 Å². The van der Waals surface area contributed by atoms with Crippen molar-refractivity contribution < 1.29 is 9.90 Å². The fourth-order valence-corrected chi connectivity index (χ4v) is 1.48. The lowest BCUT2D eigenvalue weighted by Gasteiger charge is -2.01. The van der Waals surface area contributed by atoms with Crippen LogP contribution in [-0.4, -0.2) is 15.8 Å². The summed E-state index contributed by atoms with van der Waals surface area (Å²) in [5, 5.41) is 11.9. The number of benzene rings is 1. The number of aromatic nitrogens is 1. The zero-order chi connectivity index (χ0) is 10.1. The van der Waals surface area contributed by atoms with Crippen molar-refractivity contribution in [2.24, 2.45) is 7.05 Å². The Hall–Kier alpha value is -1.97. The summed E-state index contributed by atoms with van der Waals surface area (Å²) in [5.74, 6) is 0. The minimum atomic E-state index is -1.04. The van der Waals surface area contributed by atoms with E-state index in [-0.39, 0.29) is 0 Å². The Bertz CT molecular complexity index is 488. The highest BCUT2D eigenvalue weighted by atomic mass is 16.4. The molecule has 0 unspecified atom stereocenters. The van der Waals surface area contributed by atoms with Crippen LogP contribution in [-0.2, 0) is 7.05 Å². The topological polar surface area (TPSA) is 54.3 Å². The molecule has 4 nitrogen and oxygen atoms in total. The molecule has 0 bridgehead atoms. The van der Waals surface area contributed by atoms with Gasteiger partial charge < -0.3 is 9.67 Å². The van der Waals surface area contributed by atoms with E-state index in [1.54, 1.807) is 6.07 Å². The molecule has 0 saturated heterocycles. The van der Waals surface area contributed by atoms with Crippen molar-refractivity contribution in [1.29, 1.82) is 0 Å². The molecule has 0 fully saturated rings. The molecule has 1 amide bonds. The summed E-state index contributed by atoms with van der Waals surface area (Å²) >= 11 is 0. The van der Waals surface area contributed by atoms with Crippen molar-refractivity contribution in [2.75, 3.05) is 5.32 Å². The molecule has 0 atom stereocenters. The van der Waals surface area contributed by atoms with E-state index in [9.17, 15) is 4.79 Å². The summed E-state index contributed by atoms with van der Waals surface area (Å²) in [4.78, 5) is 10.4. The van der Waals surface area contributed by atoms with Crippen molar-refractivity contribution in [3.8, 4) is 0 Å². The van der Waals surface area contributed by atoms with E-state index in [0.717, 1.165) is 10.9 Å². The molecule has 1 aromatic heterocycles. The van der Waals surface area contributed by atoms with Crippen LogP contribution in [0.5, 0.6) is 0 Å². The van der Waals surface area contributed by atoms with Gasteiger partial charge >= 0.3 is 6.09 Å². The largest absolute Gasteiger partial charge is 0.465 e. The van der Waals surface area contributed by atoms with Gasteiger partial charge in [-0.2, -0.15) is 0 Å². The fourth-order valence-electron chi connectivity index (χ4n) is 1.48. The number of nitrogens with one attached hydrogen (secondary N) is 1. The van der Waals surface area contributed by atoms with Crippen LogP contribution in [0, 0.1) is 0 Å². The fraction of sp³-hybridized carbons (Fsp3) is 0.100. The lowest BCUT2D eigenvalue weighted by molar-refractivity contribution is 0.210. The molecule has 0 aliphatic carbocycles. The maximum absolute atomic E-state index is 10.4. The third kappa shape index (κ3) is 1.42. The average molecular weight is 190 g/mol. The first-order chi connectivity index (χ1) is 6.66. The van der Waals surface area contributed by atoms with Crippen molar-refractivity contribution in [3.05, 3.63) is 30.5 Å². The Morgan fingerprint density at radius 3 is 2.93 bits per heavy atom. The molecule has 1 heterocycles. The van der Waals surface area contributed by atoms with Crippen molar-refractivity contribution in [1.82, 2.24) is 4.57 Å². The first kappa shape index (κ1) is 8.62.